The first-order valence-electron chi connectivity index (χ1n) is 6.51. The number of carbonyl (C=O) groups is 1. The second-order valence-electron chi connectivity index (χ2n) is 4.46. The van der Waals surface area contributed by atoms with E-state index in [0.29, 0.717) is 10.6 Å². The lowest BCUT2D eigenvalue weighted by Gasteiger charge is -2.07. The van der Waals surface area contributed by atoms with Gasteiger partial charge in [-0.2, -0.15) is 0 Å². The van der Waals surface area contributed by atoms with E-state index in [4.69, 9.17) is 11.6 Å². The van der Waals surface area contributed by atoms with Gasteiger partial charge in [-0.25, -0.2) is 13.1 Å². The lowest BCUT2D eigenvalue weighted by molar-refractivity contribution is 0.0951. The van der Waals surface area contributed by atoms with Crippen molar-refractivity contribution in [1.29, 1.82) is 0 Å². The SMILES string of the molecule is CNS(=O)(=O)c1ccc(CNC(=O)c2cc(SC)ccc2Cl)s1. The molecule has 1 aromatic heterocycles. The van der Waals surface area contributed by atoms with E-state index in [-0.39, 0.29) is 16.7 Å². The summed E-state index contributed by atoms with van der Waals surface area (Å²) in [5.41, 5.74) is 0.401. The predicted octanol–water partition coefficient (Wildman–Crippen LogP) is 2.96. The number of rotatable bonds is 6. The van der Waals surface area contributed by atoms with Crippen molar-refractivity contribution in [2.24, 2.45) is 0 Å². The number of carbonyl (C=O) groups excluding carboxylic acids is 1. The molecule has 2 N–H and O–H groups in total. The van der Waals surface area contributed by atoms with Gasteiger partial charge in [0.2, 0.25) is 10.0 Å². The Morgan fingerprint density at radius 2 is 2.04 bits per heavy atom. The van der Waals surface area contributed by atoms with Gasteiger partial charge >= 0.3 is 0 Å². The summed E-state index contributed by atoms with van der Waals surface area (Å²) >= 11 is 8.69. The number of thioether (sulfide) groups is 1. The number of thiophene rings is 1. The van der Waals surface area contributed by atoms with Gasteiger partial charge in [-0.3, -0.25) is 4.79 Å². The van der Waals surface area contributed by atoms with Gasteiger partial charge in [-0.05, 0) is 43.6 Å². The zero-order valence-electron chi connectivity index (χ0n) is 12.4. The molecule has 1 heterocycles. The number of benzene rings is 1. The number of hydrogen-bond donors (Lipinski definition) is 2. The van der Waals surface area contributed by atoms with Crippen molar-refractivity contribution in [3.63, 3.8) is 0 Å². The summed E-state index contributed by atoms with van der Waals surface area (Å²) in [6, 6.07) is 8.45. The molecular weight excluding hydrogens is 376 g/mol. The minimum absolute atomic E-state index is 0.215. The monoisotopic (exact) mass is 390 g/mol. The third-order valence-electron chi connectivity index (χ3n) is 3.01. The van der Waals surface area contributed by atoms with Gasteiger partial charge in [0.05, 0.1) is 17.1 Å². The minimum Gasteiger partial charge on any atom is -0.347 e. The number of sulfonamides is 1. The van der Waals surface area contributed by atoms with E-state index in [1.807, 2.05) is 12.3 Å². The summed E-state index contributed by atoms with van der Waals surface area (Å²) in [6.45, 7) is 0.239. The van der Waals surface area contributed by atoms with Crippen LogP contribution in [0.1, 0.15) is 15.2 Å². The normalized spacial score (nSPS) is 11.4. The van der Waals surface area contributed by atoms with Gasteiger partial charge in [-0.15, -0.1) is 23.1 Å². The van der Waals surface area contributed by atoms with Crippen LogP contribution in [0.2, 0.25) is 5.02 Å². The first-order chi connectivity index (χ1) is 10.9. The lowest BCUT2D eigenvalue weighted by Crippen LogP contribution is -2.22. The first kappa shape index (κ1) is 18.3. The molecule has 9 heteroatoms. The van der Waals surface area contributed by atoms with Crippen molar-refractivity contribution in [2.45, 2.75) is 15.6 Å². The molecule has 23 heavy (non-hydrogen) atoms. The molecule has 0 saturated heterocycles. The average molecular weight is 391 g/mol. The van der Waals surface area contributed by atoms with Crippen molar-refractivity contribution >= 4 is 50.6 Å². The number of amides is 1. The molecule has 0 aliphatic rings. The minimum atomic E-state index is -3.45. The van der Waals surface area contributed by atoms with Crippen molar-refractivity contribution in [1.82, 2.24) is 10.0 Å². The summed E-state index contributed by atoms with van der Waals surface area (Å²) in [5, 5.41) is 3.13. The molecule has 1 aromatic carbocycles. The number of nitrogens with one attached hydrogen (secondary N) is 2. The first-order valence-corrected chi connectivity index (χ1v) is 10.4. The van der Waals surface area contributed by atoms with Gasteiger partial charge in [0.1, 0.15) is 4.21 Å². The van der Waals surface area contributed by atoms with E-state index in [1.54, 1.807) is 18.2 Å². The van der Waals surface area contributed by atoms with E-state index >= 15 is 0 Å². The standard InChI is InChI=1S/C14H15ClN2O3S3/c1-16-23(19,20)13-6-4-10(22-13)8-17-14(18)11-7-9(21-2)3-5-12(11)15/h3-7,16H,8H2,1-2H3,(H,17,18). The Labute approximate surface area is 148 Å². The highest BCUT2D eigenvalue weighted by Gasteiger charge is 2.15. The Morgan fingerprint density at radius 3 is 2.70 bits per heavy atom. The zero-order chi connectivity index (χ0) is 17.0. The lowest BCUT2D eigenvalue weighted by atomic mass is 10.2. The Hall–Kier alpha value is -1.06. The molecule has 5 nitrogen and oxygen atoms in total. The summed E-state index contributed by atoms with van der Waals surface area (Å²) < 4.78 is 25.8. The molecule has 2 rings (SSSR count). The predicted molar refractivity (Wildman–Crippen MR) is 95.0 cm³/mol. The van der Waals surface area contributed by atoms with Crippen LogP contribution in [0, 0.1) is 0 Å². The Kier molecular flexibility index (Phi) is 6.10. The van der Waals surface area contributed by atoms with E-state index in [9.17, 15) is 13.2 Å². The maximum atomic E-state index is 12.2. The van der Waals surface area contributed by atoms with Crippen LogP contribution in [0.4, 0.5) is 0 Å². The molecule has 124 valence electrons. The van der Waals surface area contributed by atoms with E-state index in [2.05, 4.69) is 10.0 Å². The fraction of sp³-hybridized carbons (Fsp3) is 0.214. The molecule has 0 radical (unpaired) electrons. The Morgan fingerprint density at radius 1 is 1.30 bits per heavy atom. The highest BCUT2D eigenvalue weighted by molar-refractivity contribution is 7.98. The molecule has 0 fully saturated rings. The van der Waals surface area contributed by atoms with Gasteiger partial charge < -0.3 is 5.32 Å². The van der Waals surface area contributed by atoms with Gasteiger partial charge in [0, 0.05) is 9.77 Å². The topological polar surface area (TPSA) is 75.3 Å². The third kappa shape index (κ3) is 4.48. The third-order valence-corrected chi connectivity index (χ3v) is 7.06. The molecule has 0 spiro atoms. The summed E-state index contributed by atoms with van der Waals surface area (Å²) in [5.74, 6) is -0.294. The zero-order valence-corrected chi connectivity index (χ0v) is 15.6. The molecular formula is C14H15ClN2O3S3. The van der Waals surface area contributed by atoms with Crippen LogP contribution in [-0.4, -0.2) is 27.6 Å². The molecule has 0 atom stereocenters. The maximum absolute atomic E-state index is 12.2. The van der Waals surface area contributed by atoms with E-state index in [0.717, 1.165) is 21.1 Å². The Bertz CT molecular complexity index is 818. The highest BCUT2D eigenvalue weighted by atomic mass is 35.5. The Balaban J connectivity index is 2.08. The number of halogens is 1. The summed E-state index contributed by atoms with van der Waals surface area (Å²) in [6.07, 6.45) is 1.92. The maximum Gasteiger partial charge on any atom is 0.253 e. The van der Waals surface area contributed by atoms with Crippen LogP contribution >= 0.6 is 34.7 Å². The number of hydrogen-bond acceptors (Lipinski definition) is 5. The summed E-state index contributed by atoms with van der Waals surface area (Å²) in [4.78, 5) is 13.9. The smallest absolute Gasteiger partial charge is 0.253 e. The van der Waals surface area contributed by atoms with Crippen molar-refractivity contribution < 1.29 is 13.2 Å². The second-order valence-corrected chi connectivity index (χ2v) is 9.03. The average Bonchev–Trinajstić information content (AvgIpc) is 3.03. The van der Waals surface area contributed by atoms with Crippen LogP contribution in [0.5, 0.6) is 0 Å². The van der Waals surface area contributed by atoms with Crippen LogP contribution in [0.15, 0.2) is 39.4 Å². The molecule has 2 aromatic rings. The second kappa shape index (κ2) is 7.67. The van der Waals surface area contributed by atoms with Gasteiger partial charge in [-0.1, -0.05) is 11.6 Å². The van der Waals surface area contributed by atoms with Crippen molar-refractivity contribution in [2.75, 3.05) is 13.3 Å². The van der Waals surface area contributed by atoms with E-state index < -0.39 is 10.0 Å². The molecule has 0 unspecified atom stereocenters. The van der Waals surface area contributed by atoms with Crippen LogP contribution in [0.3, 0.4) is 0 Å². The summed E-state index contributed by atoms with van der Waals surface area (Å²) in [7, 11) is -2.09. The van der Waals surface area contributed by atoms with Gasteiger partial charge in [0.15, 0.2) is 0 Å². The van der Waals surface area contributed by atoms with Crippen molar-refractivity contribution in [3.05, 3.63) is 45.8 Å². The highest BCUT2D eigenvalue weighted by Crippen LogP contribution is 2.24. The molecule has 0 aliphatic carbocycles. The largest absolute Gasteiger partial charge is 0.347 e. The molecule has 1 amide bonds. The molecule has 0 aliphatic heterocycles. The van der Waals surface area contributed by atoms with Gasteiger partial charge in [0.25, 0.3) is 5.91 Å². The fourth-order valence-corrected chi connectivity index (χ4v) is 4.54. The van der Waals surface area contributed by atoms with Crippen LogP contribution in [0.25, 0.3) is 0 Å². The molecule has 0 saturated carbocycles. The van der Waals surface area contributed by atoms with Crippen LogP contribution in [-0.2, 0) is 16.6 Å². The molecule has 0 bridgehead atoms. The quantitative estimate of drug-likeness (QED) is 0.743. The fourth-order valence-electron chi connectivity index (χ4n) is 1.77. The van der Waals surface area contributed by atoms with Crippen LogP contribution < -0.4 is 10.0 Å². The van der Waals surface area contributed by atoms with Crippen molar-refractivity contribution in [3.8, 4) is 0 Å². The van der Waals surface area contributed by atoms with E-state index in [1.165, 1.54) is 24.9 Å².